The highest BCUT2D eigenvalue weighted by Gasteiger charge is 1.83. The van der Waals surface area contributed by atoms with Crippen molar-refractivity contribution in [1.29, 1.82) is 0 Å². The summed E-state index contributed by atoms with van der Waals surface area (Å²) in [6.45, 7) is 3.49. The second kappa shape index (κ2) is 2.50. The standard InChI is InChI=1S/C3H6N2O/c1-2-5-3(4)6/h1-2H2,(H2,4,6). The van der Waals surface area contributed by atoms with Crippen molar-refractivity contribution < 1.29 is 4.79 Å². The van der Waals surface area contributed by atoms with E-state index in [1.54, 1.807) is 0 Å². The molecule has 0 saturated heterocycles. The first-order valence-corrected chi connectivity index (χ1v) is 1.53. The summed E-state index contributed by atoms with van der Waals surface area (Å²) in [6, 6.07) is -0.648. The van der Waals surface area contributed by atoms with E-state index in [1.165, 1.54) is 0 Å². The molecule has 34 valence electrons. The number of carbonyl (C=O) groups is 1. The van der Waals surface area contributed by atoms with Crippen molar-refractivity contribution in [2.45, 2.75) is 0 Å². The number of hydrogen-bond donors (Lipinski definition) is 1. The zero-order valence-corrected chi connectivity index (χ0v) is 3.35. The van der Waals surface area contributed by atoms with Crippen LogP contribution in [0.4, 0.5) is 4.79 Å². The minimum absolute atomic E-state index is 0.231. The summed E-state index contributed by atoms with van der Waals surface area (Å²) in [5.74, 6) is 0. The Morgan fingerprint density at radius 3 is 2.50 bits per heavy atom. The van der Waals surface area contributed by atoms with Gasteiger partial charge in [0.1, 0.15) is 0 Å². The largest absolute Gasteiger partial charge is 0.350 e. The van der Waals surface area contributed by atoms with Gasteiger partial charge in [-0.25, -0.2) is 10.1 Å². The lowest BCUT2D eigenvalue weighted by Crippen LogP contribution is -2.21. The molecule has 2 radical (unpaired) electrons. The molecule has 0 unspecified atom stereocenters. The van der Waals surface area contributed by atoms with Gasteiger partial charge in [-0.1, -0.05) is 0 Å². The summed E-state index contributed by atoms with van der Waals surface area (Å²) in [4.78, 5) is 9.61. The van der Waals surface area contributed by atoms with Crippen molar-refractivity contribution in [2.75, 3.05) is 6.54 Å². The Kier molecular flexibility index (Phi) is 2.20. The molecule has 2 amide bonds. The highest BCUT2D eigenvalue weighted by atomic mass is 16.2. The van der Waals surface area contributed by atoms with Crippen LogP contribution in [-0.2, 0) is 0 Å². The molecule has 0 bridgehead atoms. The Labute approximate surface area is 36.5 Å². The third-order valence-corrected chi connectivity index (χ3v) is 0.268. The van der Waals surface area contributed by atoms with Crippen LogP contribution in [0.2, 0.25) is 0 Å². The summed E-state index contributed by atoms with van der Waals surface area (Å²) in [7, 11) is 0. The van der Waals surface area contributed by atoms with E-state index in [4.69, 9.17) is 0 Å². The highest BCUT2D eigenvalue weighted by Crippen LogP contribution is 1.54. The fourth-order valence-electron chi connectivity index (χ4n) is 0.110. The van der Waals surface area contributed by atoms with Gasteiger partial charge in [0.25, 0.3) is 0 Å². The number of primary amides is 1. The van der Waals surface area contributed by atoms with Crippen molar-refractivity contribution in [3.63, 3.8) is 0 Å². The fourth-order valence-corrected chi connectivity index (χ4v) is 0.110. The lowest BCUT2D eigenvalue weighted by Gasteiger charge is -1.83. The number of amides is 2. The summed E-state index contributed by atoms with van der Waals surface area (Å²) in [6.07, 6.45) is 0. The molecule has 0 rings (SSSR count). The second-order valence-electron chi connectivity index (χ2n) is 0.720. The SMILES string of the molecule is [CH2]C[N]C(N)=O. The van der Waals surface area contributed by atoms with E-state index < -0.39 is 6.03 Å². The molecule has 0 spiro atoms. The monoisotopic (exact) mass is 86.0 g/mol. The number of carbonyl (C=O) groups excluding carboxylic acids is 1. The topological polar surface area (TPSA) is 57.2 Å². The lowest BCUT2D eigenvalue weighted by atomic mass is 10.7. The Hall–Kier alpha value is -0.730. The first-order chi connectivity index (χ1) is 2.77. The van der Waals surface area contributed by atoms with Gasteiger partial charge in [-0.2, -0.15) is 0 Å². The van der Waals surface area contributed by atoms with Crippen molar-refractivity contribution in [1.82, 2.24) is 5.32 Å². The molecule has 0 aliphatic carbocycles. The molecule has 3 heteroatoms. The van der Waals surface area contributed by atoms with E-state index in [0.717, 1.165) is 0 Å². The number of urea groups is 1. The molecule has 0 saturated carbocycles. The van der Waals surface area contributed by atoms with Gasteiger partial charge in [-0.3, -0.25) is 0 Å². The van der Waals surface area contributed by atoms with Gasteiger partial charge in [0.2, 0.25) is 0 Å². The molecule has 2 N–H and O–H groups in total. The van der Waals surface area contributed by atoms with Gasteiger partial charge in [0.05, 0.1) is 0 Å². The van der Waals surface area contributed by atoms with Gasteiger partial charge in [-0.15, -0.1) is 0 Å². The molecule has 0 atom stereocenters. The normalized spacial score (nSPS) is 7.50. The van der Waals surface area contributed by atoms with Crippen LogP contribution < -0.4 is 11.1 Å². The summed E-state index contributed by atoms with van der Waals surface area (Å²) in [5, 5.41) is 3.15. The van der Waals surface area contributed by atoms with E-state index in [1.807, 2.05) is 0 Å². The predicted octanol–water partition coefficient (Wildman–Crippen LogP) is -0.496. The number of nitrogens with two attached hydrogens (primary N) is 1. The van der Waals surface area contributed by atoms with E-state index in [2.05, 4.69) is 18.0 Å². The van der Waals surface area contributed by atoms with Gasteiger partial charge in [-0.05, 0) is 6.92 Å². The number of rotatable bonds is 1. The zero-order valence-electron chi connectivity index (χ0n) is 3.35. The smallest absolute Gasteiger partial charge is 0.333 e. The van der Waals surface area contributed by atoms with Crippen LogP contribution in [-0.4, -0.2) is 12.6 Å². The summed E-state index contributed by atoms with van der Waals surface area (Å²) >= 11 is 0. The Bertz CT molecular complexity index is 52.8. The van der Waals surface area contributed by atoms with Crippen molar-refractivity contribution >= 4 is 6.03 Å². The predicted molar refractivity (Wildman–Crippen MR) is 21.9 cm³/mol. The molecule has 0 aromatic rings. The van der Waals surface area contributed by atoms with Crippen LogP contribution in [0.5, 0.6) is 0 Å². The van der Waals surface area contributed by atoms with E-state index >= 15 is 0 Å². The zero-order chi connectivity index (χ0) is 4.99. The van der Waals surface area contributed by atoms with Crippen LogP contribution in [0.15, 0.2) is 0 Å². The second-order valence-corrected chi connectivity index (χ2v) is 0.720. The summed E-state index contributed by atoms with van der Waals surface area (Å²) in [5.41, 5.74) is 4.56. The molecule has 0 aromatic heterocycles. The first-order valence-electron chi connectivity index (χ1n) is 1.53. The lowest BCUT2D eigenvalue weighted by molar-refractivity contribution is 0.249. The molecule has 0 fully saturated rings. The average molecular weight is 86.1 g/mol. The van der Waals surface area contributed by atoms with Crippen LogP contribution in [0.1, 0.15) is 0 Å². The quantitative estimate of drug-likeness (QED) is 0.459. The third-order valence-electron chi connectivity index (χ3n) is 0.268. The number of hydrogen-bond acceptors (Lipinski definition) is 1. The molecular weight excluding hydrogens is 80.0 g/mol. The average Bonchev–Trinajstić information content (AvgIpc) is 1.35. The van der Waals surface area contributed by atoms with Crippen LogP contribution in [0.25, 0.3) is 0 Å². The molecular formula is C3H6N2O. The third kappa shape index (κ3) is 3.27. The maximum Gasteiger partial charge on any atom is 0.333 e. The minimum atomic E-state index is -0.648. The fraction of sp³-hybridized carbons (Fsp3) is 0.333. The minimum Gasteiger partial charge on any atom is -0.350 e. The van der Waals surface area contributed by atoms with Gasteiger partial charge >= 0.3 is 6.03 Å². The van der Waals surface area contributed by atoms with E-state index in [9.17, 15) is 4.79 Å². The van der Waals surface area contributed by atoms with Gasteiger partial charge in [0, 0.05) is 6.54 Å². The van der Waals surface area contributed by atoms with Gasteiger partial charge in [0.15, 0.2) is 0 Å². The highest BCUT2D eigenvalue weighted by molar-refractivity contribution is 5.71. The molecule has 3 nitrogen and oxygen atoms in total. The van der Waals surface area contributed by atoms with Crippen molar-refractivity contribution in [3.05, 3.63) is 6.92 Å². The maximum atomic E-state index is 9.61. The Morgan fingerprint density at radius 2 is 2.50 bits per heavy atom. The van der Waals surface area contributed by atoms with Crippen molar-refractivity contribution in [3.8, 4) is 0 Å². The molecule has 0 aliphatic heterocycles. The molecule has 0 aliphatic rings. The Morgan fingerprint density at radius 1 is 2.00 bits per heavy atom. The van der Waals surface area contributed by atoms with Gasteiger partial charge < -0.3 is 5.73 Å². The van der Waals surface area contributed by atoms with Crippen LogP contribution >= 0.6 is 0 Å². The Balaban J connectivity index is 2.83. The molecule has 0 heterocycles. The first kappa shape index (κ1) is 5.27. The number of nitrogens with zero attached hydrogens (tertiary/aromatic N) is 1. The van der Waals surface area contributed by atoms with Crippen LogP contribution in [0, 0.1) is 6.92 Å². The van der Waals surface area contributed by atoms with Crippen LogP contribution in [0.3, 0.4) is 0 Å². The molecule has 6 heavy (non-hydrogen) atoms. The van der Waals surface area contributed by atoms with Crippen molar-refractivity contribution in [2.24, 2.45) is 5.73 Å². The molecule has 0 aromatic carbocycles. The maximum absolute atomic E-state index is 9.61. The summed E-state index contributed by atoms with van der Waals surface area (Å²) < 4.78 is 0. The van der Waals surface area contributed by atoms with E-state index in [-0.39, 0.29) is 6.54 Å². The van der Waals surface area contributed by atoms with E-state index in [0.29, 0.717) is 0 Å².